The lowest BCUT2D eigenvalue weighted by Crippen LogP contribution is -2.57. The van der Waals surface area contributed by atoms with E-state index in [1.807, 2.05) is 35.2 Å². The van der Waals surface area contributed by atoms with Crippen LogP contribution in [-0.2, 0) is 26.2 Å². The van der Waals surface area contributed by atoms with E-state index in [9.17, 15) is 14.4 Å². The van der Waals surface area contributed by atoms with Crippen LogP contribution in [0.1, 0.15) is 81.4 Å². The van der Waals surface area contributed by atoms with E-state index < -0.39 is 11.6 Å². The number of halogens is 1. The molecule has 230 valence electrons. The van der Waals surface area contributed by atoms with E-state index in [0.717, 1.165) is 44.1 Å². The van der Waals surface area contributed by atoms with E-state index in [1.54, 1.807) is 13.8 Å². The quantitative estimate of drug-likeness (QED) is 0.278. The molecule has 8 nitrogen and oxygen atoms in total. The fourth-order valence-corrected chi connectivity index (χ4v) is 6.31. The third-order valence-electron chi connectivity index (χ3n) is 8.72. The number of nitrogens with two attached hydrogens (primary N) is 1. The zero-order valence-electron chi connectivity index (χ0n) is 24.9. The van der Waals surface area contributed by atoms with E-state index in [1.165, 1.54) is 11.1 Å². The van der Waals surface area contributed by atoms with Gasteiger partial charge in [0.25, 0.3) is 0 Å². The minimum atomic E-state index is -1.08. The number of likely N-dealkylation sites (tertiary alicyclic amines) is 1. The number of aryl methyl sites for hydroxylation is 1. The van der Waals surface area contributed by atoms with Gasteiger partial charge in [0.2, 0.25) is 17.7 Å². The molecule has 1 fully saturated rings. The molecule has 2 atom stereocenters. The second-order valence-electron chi connectivity index (χ2n) is 12.3. The first-order chi connectivity index (χ1) is 19.6. The number of carbonyl (C=O) groups is 3. The maximum atomic E-state index is 13.8. The molecule has 2 aromatic rings. The van der Waals surface area contributed by atoms with Gasteiger partial charge in [-0.25, -0.2) is 0 Å². The summed E-state index contributed by atoms with van der Waals surface area (Å²) >= 11 is 0. The molecule has 0 unspecified atom stereocenters. The summed E-state index contributed by atoms with van der Waals surface area (Å²) in [6.45, 7) is 5.14. The molecule has 1 aliphatic heterocycles. The molecule has 0 bridgehead atoms. The number of nitrogens with zero attached hydrogens (tertiary/aromatic N) is 1. The first-order valence-corrected chi connectivity index (χ1v) is 15.1. The third-order valence-corrected chi connectivity index (χ3v) is 8.72. The molecule has 1 aliphatic carbocycles. The lowest BCUT2D eigenvalue weighted by Gasteiger charge is -2.41. The van der Waals surface area contributed by atoms with E-state index in [-0.39, 0.29) is 48.1 Å². The van der Waals surface area contributed by atoms with Crippen LogP contribution < -0.4 is 16.4 Å². The summed E-state index contributed by atoms with van der Waals surface area (Å²) in [6, 6.07) is 17.7. The van der Waals surface area contributed by atoms with Crippen molar-refractivity contribution in [1.82, 2.24) is 15.5 Å². The Morgan fingerprint density at radius 2 is 1.69 bits per heavy atom. The fourth-order valence-electron chi connectivity index (χ4n) is 6.31. The Bertz CT molecular complexity index is 1190. The van der Waals surface area contributed by atoms with Crippen LogP contribution in [0.15, 0.2) is 54.6 Å². The Labute approximate surface area is 256 Å². The zero-order chi connectivity index (χ0) is 29.5. The van der Waals surface area contributed by atoms with E-state index >= 15 is 0 Å². The second-order valence-corrected chi connectivity index (χ2v) is 12.3. The average Bonchev–Trinajstić information content (AvgIpc) is 3.28. The fraction of sp³-hybridized carbons (Fsp3) is 0.545. The molecule has 0 aromatic heterocycles. The molecule has 0 saturated carbocycles. The van der Waals surface area contributed by atoms with Gasteiger partial charge in [-0.2, -0.15) is 0 Å². The summed E-state index contributed by atoms with van der Waals surface area (Å²) in [5.41, 5.74) is 8.34. The molecular formula is C33H47ClN4O4. The number of rotatable bonds is 12. The van der Waals surface area contributed by atoms with Gasteiger partial charge in [-0.3, -0.25) is 14.4 Å². The van der Waals surface area contributed by atoms with Crippen molar-refractivity contribution >= 4 is 30.1 Å². The number of hydrogen-bond acceptors (Lipinski definition) is 5. The minimum Gasteiger partial charge on any atom is -0.396 e. The Morgan fingerprint density at radius 1 is 1.02 bits per heavy atom. The van der Waals surface area contributed by atoms with Gasteiger partial charge in [0.15, 0.2) is 0 Å². The van der Waals surface area contributed by atoms with Crippen LogP contribution in [0.25, 0.3) is 0 Å². The van der Waals surface area contributed by atoms with Gasteiger partial charge in [-0.05, 0) is 81.9 Å². The lowest BCUT2D eigenvalue weighted by atomic mass is 9.73. The molecule has 1 heterocycles. The average molecular weight is 599 g/mol. The van der Waals surface area contributed by atoms with Crippen molar-refractivity contribution in [3.05, 3.63) is 71.3 Å². The highest BCUT2D eigenvalue weighted by molar-refractivity contribution is 5.91. The SMILES string of the molecule is CC(C)(N)C(=O)N[C@H](CCCc1ccccc1)C(=O)N1CCC2(CC1)C[C@@H](C(=O)NCCCCO)c1ccccc12.Cl. The molecule has 42 heavy (non-hydrogen) atoms. The first kappa shape index (κ1) is 33.6. The van der Waals surface area contributed by atoms with Gasteiger partial charge in [0.1, 0.15) is 6.04 Å². The van der Waals surface area contributed by atoms with Crippen LogP contribution in [-0.4, -0.2) is 65.5 Å². The summed E-state index contributed by atoms with van der Waals surface area (Å²) in [5.74, 6) is -0.563. The molecule has 0 radical (unpaired) electrons. The standard InChI is InChI=1S/C33H46N4O4.ClH/c1-32(2,34)31(41)36-28(16-10-13-24-11-4-3-5-12-24)30(40)37-20-17-33(18-21-37)23-26(25-14-6-7-15-27(25)33)29(39)35-19-8-9-22-38;/h3-7,11-12,14-15,26,28,38H,8-10,13,16-23,34H2,1-2H3,(H,35,39)(H,36,41);1H/t26-,28-;/m1./s1. The lowest BCUT2D eigenvalue weighted by molar-refractivity contribution is -0.139. The highest BCUT2D eigenvalue weighted by Crippen LogP contribution is 2.51. The topological polar surface area (TPSA) is 125 Å². The number of hydrogen-bond donors (Lipinski definition) is 4. The number of benzene rings is 2. The molecule has 9 heteroatoms. The van der Waals surface area contributed by atoms with Crippen LogP contribution in [0.2, 0.25) is 0 Å². The highest BCUT2D eigenvalue weighted by atomic mass is 35.5. The molecule has 2 aromatic carbocycles. The number of amides is 3. The van der Waals surface area contributed by atoms with Crippen molar-refractivity contribution in [1.29, 1.82) is 0 Å². The van der Waals surface area contributed by atoms with Crippen LogP contribution in [0.4, 0.5) is 0 Å². The summed E-state index contributed by atoms with van der Waals surface area (Å²) < 4.78 is 0. The summed E-state index contributed by atoms with van der Waals surface area (Å²) in [7, 11) is 0. The number of carbonyl (C=O) groups excluding carboxylic acids is 3. The predicted molar refractivity (Wildman–Crippen MR) is 167 cm³/mol. The maximum absolute atomic E-state index is 13.8. The van der Waals surface area contributed by atoms with Gasteiger partial charge < -0.3 is 26.4 Å². The van der Waals surface area contributed by atoms with Crippen molar-refractivity contribution in [2.45, 2.75) is 88.1 Å². The monoisotopic (exact) mass is 598 g/mol. The normalized spacial score (nSPS) is 18.1. The van der Waals surface area contributed by atoms with Gasteiger partial charge in [0, 0.05) is 31.7 Å². The van der Waals surface area contributed by atoms with Gasteiger partial charge >= 0.3 is 0 Å². The number of aliphatic hydroxyl groups excluding tert-OH is 1. The second kappa shape index (κ2) is 15.0. The summed E-state index contributed by atoms with van der Waals surface area (Å²) in [6.07, 6.45) is 5.85. The number of unbranched alkanes of at least 4 members (excludes halogenated alkanes) is 1. The van der Waals surface area contributed by atoms with Crippen LogP contribution in [0, 0.1) is 0 Å². The Kier molecular flexibility index (Phi) is 12.0. The highest BCUT2D eigenvalue weighted by Gasteiger charge is 2.48. The molecule has 1 saturated heterocycles. The first-order valence-electron chi connectivity index (χ1n) is 15.1. The maximum Gasteiger partial charge on any atom is 0.245 e. The van der Waals surface area contributed by atoms with Crippen molar-refractivity contribution < 1.29 is 19.5 Å². The van der Waals surface area contributed by atoms with E-state index in [2.05, 4.69) is 34.9 Å². The van der Waals surface area contributed by atoms with Crippen molar-refractivity contribution in [2.75, 3.05) is 26.2 Å². The van der Waals surface area contributed by atoms with Crippen molar-refractivity contribution in [2.24, 2.45) is 5.73 Å². The third kappa shape index (κ3) is 8.12. The molecule has 1 spiro atoms. The minimum absolute atomic E-state index is 0. The molecular weight excluding hydrogens is 552 g/mol. The number of piperidine rings is 1. The number of aliphatic hydroxyl groups is 1. The molecule has 3 amide bonds. The molecule has 2 aliphatic rings. The Hall–Kier alpha value is -2.94. The predicted octanol–water partition coefficient (Wildman–Crippen LogP) is 3.59. The number of nitrogens with one attached hydrogen (secondary N) is 2. The largest absolute Gasteiger partial charge is 0.396 e. The van der Waals surface area contributed by atoms with Gasteiger partial charge in [0.05, 0.1) is 11.5 Å². The van der Waals surface area contributed by atoms with E-state index in [4.69, 9.17) is 10.8 Å². The smallest absolute Gasteiger partial charge is 0.245 e. The molecule has 4 rings (SSSR count). The van der Waals surface area contributed by atoms with Crippen molar-refractivity contribution in [3.8, 4) is 0 Å². The van der Waals surface area contributed by atoms with Crippen LogP contribution in [0.5, 0.6) is 0 Å². The summed E-state index contributed by atoms with van der Waals surface area (Å²) in [4.78, 5) is 41.6. The zero-order valence-corrected chi connectivity index (χ0v) is 25.8. The Morgan fingerprint density at radius 3 is 2.36 bits per heavy atom. The van der Waals surface area contributed by atoms with Gasteiger partial charge in [-0.15, -0.1) is 12.4 Å². The van der Waals surface area contributed by atoms with Crippen LogP contribution >= 0.6 is 12.4 Å². The summed E-state index contributed by atoms with van der Waals surface area (Å²) in [5, 5.41) is 15.0. The molecule has 5 N–H and O–H groups in total. The van der Waals surface area contributed by atoms with E-state index in [0.29, 0.717) is 32.5 Å². The number of fused-ring (bicyclic) bond motifs is 2. The van der Waals surface area contributed by atoms with Crippen molar-refractivity contribution in [3.63, 3.8) is 0 Å². The Balaban J connectivity index is 0.00000484. The van der Waals surface area contributed by atoms with Crippen LogP contribution in [0.3, 0.4) is 0 Å². The van der Waals surface area contributed by atoms with Gasteiger partial charge in [-0.1, -0.05) is 54.6 Å².